The van der Waals surface area contributed by atoms with Crippen LogP contribution in [0.1, 0.15) is 53.3 Å². The molecule has 5 aromatic rings. The number of halogens is 1. The molecule has 0 N–H and O–H groups in total. The van der Waals surface area contributed by atoms with Gasteiger partial charge in [0.25, 0.3) is 0 Å². The number of benzene rings is 5. The summed E-state index contributed by atoms with van der Waals surface area (Å²) in [5.74, 6) is 0.854. The summed E-state index contributed by atoms with van der Waals surface area (Å²) in [5, 5.41) is 0.703. The van der Waals surface area contributed by atoms with Gasteiger partial charge in [-0.3, -0.25) is 0 Å². The van der Waals surface area contributed by atoms with Crippen LogP contribution in [-0.4, -0.2) is 25.2 Å². The standard InChI is InChI=1S/C41H44ClO5P/c1-3-43-38-22-19-32(20-23-38)25-37-26-36(21-24-39(37)42)41(46-30-48-47-29-35-17-11-6-12-18-35)40(45-28-34-15-9-5-10-16-34)31(2)44-27-33-13-7-4-8-14-33/h4-24,26,31,40-41,48H,3,25,27-30H2,1-2H3. The fourth-order valence-corrected chi connectivity index (χ4v) is 6.17. The monoisotopic (exact) mass is 682 g/mol. The van der Waals surface area contributed by atoms with Crippen molar-refractivity contribution in [1.29, 1.82) is 0 Å². The fourth-order valence-electron chi connectivity index (χ4n) is 5.38. The second-order valence-corrected chi connectivity index (χ2v) is 12.8. The first-order valence-electron chi connectivity index (χ1n) is 16.4. The molecule has 0 aromatic heterocycles. The summed E-state index contributed by atoms with van der Waals surface area (Å²) in [5.41, 5.74) is 6.43. The SMILES string of the molecule is CCOc1ccc(Cc2cc(C(OCPOCc3ccccc3)C(OCc3ccccc3)C(C)OCc3ccccc3)ccc2Cl)cc1. The lowest BCUT2D eigenvalue weighted by molar-refractivity contribution is -0.139. The third-order valence-corrected chi connectivity index (χ3v) is 8.94. The summed E-state index contributed by atoms with van der Waals surface area (Å²) < 4.78 is 31.6. The smallest absolute Gasteiger partial charge is 0.119 e. The molecule has 5 aromatic carbocycles. The highest BCUT2D eigenvalue weighted by molar-refractivity contribution is 7.31. The van der Waals surface area contributed by atoms with Gasteiger partial charge in [0.15, 0.2) is 0 Å². The Morgan fingerprint density at radius 3 is 1.81 bits per heavy atom. The Balaban J connectivity index is 1.39. The van der Waals surface area contributed by atoms with Gasteiger partial charge < -0.3 is 23.5 Å². The molecule has 48 heavy (non-hydrogen) atoms. The minimum absolute atomic E-state index is 0.150. The normalized spacial score (nSPS) is 13.4. The van der Waals surface area contributed by atoms with E-state index >= 15 is 0 Å². The van der Waals surface area contributed by atoms with Gasteiger partial charge in [-0.05, 0) is 71.8 Å². The van der Waals surface area contributed by atoms with E-state index in [2.05, 4.69) is 61.5 Å². The van der Waals surface area contributed by atoms with Gasteiger partial charge in [0.05, 0.1) is 38.9 Å². The van der Waals surface area contributed by atoms with Gasteiger partial charge in [0.1, 0.15) is 18.0 Å². The summed E-state index contributed by atoms with van der Waals surface area (Å²) >= 11 is 6.80. The van der Waals surface area contributed by atoms with Crippen molar-refractivity contribution in [3.05, 3.63) is 172 Å². The van der Waals surface area contributed by atoms with Crippen molar-refractivity contribution < 1.29 is 23.5 Å². The predicted molar refractivity (Wildman–Crippen MR) is 196 cm³/mol. The molecule has 7 heteroatoms. The van der Waals surface area contributed by atoms with Gasteiger partial charge in [-0.15, -0.1) is 0 Å². The van der Waals surface area contributed by atoms with E-state index in [1.165, 1.54) is 0 Å². The molecule has 0 aliphatic rings. The van der Waals surface area contributed by atoms with Gasteiger partial charge in [-0.25, -0.2) is 0 Å². The van der Waals surface area contributed by atoms with Gasteiger partial charge >= 0.3 is 0 Å². The first kappa shape index (κ1) is 35.8. The van der Waals surface area contributed by atoms with Crippen LogP contribution in [0.3, 0.4) is 0 Å². The number of rotatable bonds is 19. The van der Waals surface area contributed by atoms with Gasteiger partial charge in [0, 0.05) is 13.8 Å². The third-order valence-electron chi connectivity index (χ3n) is 7.93. The Morgan fingerprint density at radius 1 is 0.625 bits per heavy atom. The predicted octanol–water partition coefficient (Wildman–Crippen LogP) is 10.3. The number of hydrogen-bond donors (Lipinski definition) is 0. The molecule has 0 saturated heterocycles. The summed E-state index contributed by atoms with van der Waals surface area (Å²) in [6, 6.07) is 44.8. The van der Waals surface area contributed by atoms with Crippen molar-refractivity contribution in [1.82, 2.24) is 0 Å². The van der Waals surface area contributed by atoms with Crippen LogP contribution in [0, 0.1) is 0 Å². The molecule has 0 aliphatic carbocycles. The molecule has 0 spiro atoms. The Bertz CT molecular complexity index is 1620. The van der Waals surface area contributed by atoms with Crippen LogP contribution in [0.4, 0.5) is 0 Å². The Morgan fingerprint density at radius 2 is 1.21 bits per heavy atom. The summed E-state index contributed by atoms with van der Waals surface area (Å²) in [6.45, 7) is 6.09. The maximum Gasteiger partial charge on any atom is 0.119 e. The molecule has 250 valence electrons. The highest BCUT2D eigenvalue weighted by Crippen LogP contribution is 2.34. The van der Waals surface area contributed by atoms with Crippen LogP contribution < -0.4 is 4.74 Å². The molecular formula is C41H44ClO5P. The zero-order chi connectivity index (χ0) is 33.4. The first-order chi connectivity index (χ1) is 23.6. The average Bonchev–Trinajstić information content (AvgIpc) is 3.13. The lowest BCUT2D eigenvalue weighted by Crippen LogP contribution is -2.36. The first-order valence-corrected chi connectivity index (χ1v) is 17.9. The van der Waals surface area contributed by atoms with Crippen LogP contribution in [0.2, 0.25) is 5.02 Å². The number of hydrogen-bond acceptors (Lipinski definition) is 5. The molecule has 0 radical (unpaired) electrons. The lowest BCUT2D eigenvalue weighted by atomic mass is 9.96. The van der Waals surface area contributed by atoms with Crippen LogP contribution in [0.5, 0.6) is 5.75 Å². The van der Waals surface area contributed by atoms with E-state index in [0.29, 0.717) is 44.2 Å². The van der Waals surface area contributed by atoms with Crippen molar-refractivity contribution >= 4 is 20.4 Å². The van der Waals surface area contributed by atoms with Crippen LogP contribution in [0.15, 0.2) is 133 Å². The molecule has 0 aliphatic heterocycles. The van der Waals surface area contributed by atoms with Gasteiger partial charge in [-0.2, -0.15) is 0 Å². The molecular weight excluding hydrogens is 639 g/mol. The summed E-state index contributed by atoms with van der Waals surface area (Å²) in [6.07, 6.45) is -0.0809. The van der Waals surface area contributed by atoms with E-state index in [0.717, 1.165) is 39.1 Å². The Labute approximate surface area is 292 Å². The third kappa shape index (κ3) is 11.3. The Hall–Kier alpha value is -3.54. The van der Waals surface area contributed by atoms with Crippen molar-refractivity contribution in [3.8, 4) is 5.75 Å². The maximum atomic E-state index is 6.80. The molecule has 4 atom stereocenters. The topological polar surface area (TPSA) is 46.2 Å². The van der Waals surface area contributed by atoms with Gasteiger partial charge in [-0.1, -0.05) is 127 Å². The highest BCUT2D eigenvalue weighted by atomic mass is 35.5. The molecule has 0 fully saturated rings. The van der Waals surface area contributed by atoms with Crippen LogP contribution in [-0.2, 0) is 45.0 Å². The van der Waals surface area contributed by atoms with Gasteiger partial charge in [0.2, 0.25) is 0 Å². The molecule has 5 nitrogen and oxygen atoms in total. The molecule has 0 amide bonds. The van der Waals surface area contributed by atoms with E-state index in [4.69, 9.17) is 35.1 Å². The van der Waals surface area contributed by atoms with E-state index in [9.17, 15) is 0 Å². The highest BCUT2D eigenvalue weighted by Gasteiger charge is 2.32. The molecule has 0 bridgehead atoms. The average molecular weight is 683 g/mol. The van der Waals surface area contributed by atoms with E-state index < -0.39 is 12.2 Å². The van der Waals surface area contributed by atoms with E-state index in [1.807, 2.05) is 85.8 Å². The van der Waals surface area contributed by atoms with E-state index in [1.54, 1.807) is 0 Å². The van der Waals surface area contributed by atoms with Crippen LogP contribution in [0.25, 0.3) is 0 Å². The zero-order valence-corrected chi connectivity index (χ0v) is 29.4. The van der Waals surface area contributed by atoms with Crippen molar-refractivity contribution in [3.63, 3.8) is 0 Å². The van der Waals surface area contributed by atoms with Crippen molar-refractivity contribution in [2.75, 3.05) is 13.0 Å². The molecule has 4 unspecified atom stereocenters. The minimum Gasteiger partial charge on any atom is -0.494 e. The van der Waals surface area contributed by atoms with Crippen LogP contribution >= 0.6 is 20.4 Å². The van der Waals surface area contributed by atoms with Crippen molar-refractivity contribution in [2.45, 2.75) is 58.4 Å². The zero-order valence-electron chi connectivity index (χ0n) is 27.6. The summed E-state index contributed by atoms with van der Waals surface area (Å²) in [4.78, 5) is 0. The fraction of sp³-hybridized carbons (Fsp3) is 0.268. The van der Waals surface area contributed by atoms with Crippen molar-refractivity contribution in [2.24, 2.45) is 0 Å². The second kappa shape index (κ2) is 19.5. The molecule has 0 saturated carbocycles. The lowest BCUT2D eigenvalue weighted by Gasteiger charge is -2.32. The molecule has 0 heterocycles. The maximum absolute atomic E-state index is 6.80. The molecule has 5 rings (SSSR count). The second-order valence-electron chi connectivity index (χ2n) is 11.5. The minimum atomic E-state index is -0.441. The largest absolute Gasteiger partial charge is 0.494 e. The summed E-state index contributed by atoms with van der Waals surface area (Å²) in [7, 11) is 0.150. The van der Waals surface area contributed by atoms with E-state index in [-0.39, 0.29) is 14.9 Å². The number of ether oxygens (including phenoxy) is 4. The quantitative estimate of drug-likeness (QED) is 0.0641. The Kier molecular flexibility index (Phi) is 14.5.